The number of halogens is 2. The average molecular weight is 474 g/mol. The van der Waals surface area contributed by atoms with Crippen LogP contribution in [0, 0.1) is 0 Å². The van der Waals surface area contributed by atoms with Crippen molar-refractivity contribution in [1.29, 1.82) is 0 Å². The van der Waals surface area contributed by atoms with Gasteiger partial charge in [0.1, 0.15) is 5.75 Å². The van der Waals surface area contributed by atoms with Crippen molar-refractivity contribution < 1.29 is 23.0 Å². The van der Waals surface area contributed by atoms with E-state index in [4.69, 9.17) is 4.74 Å². The molecule has 0 radical (unpaired) electrons. The zero-order valence-corrected chi connectivity index (χ0v) is 19.1. The van der Waals surface area contributed by atoms with Gasteiger partial charge in [-0.25, -0.2) is 4.98 Å². The van der Waals surface area contributed by atoms with Gasteiger partial charge in [0.25, 0.3) is 5.91 Å². The molecular formula is C24H25F2N3O3S. The second-order valence-electron chi connectivity index (χ2n) is 8.02. The van der Waals surface area contributed by atoms with Gasteiger partial charge in [0.15, 0.2) is 5.13 Å². The average Bonchev–Trinajstić information content (AvgIpc) is 3.21. The van der Waals surface area contributed by atoms with Crippen LogP contribution >= 0.6 is 11.3 Å². The molecule has 1 aromatic heterocycles. The van der Waals surface area contributed by atoms with E-state index in [1.807, 2.05) is 12.1 Å². The monoisotopic (exact) mass is 473 g/mol. The lowest BCUT2D eigenvalue weighted by Crippen LogP contribution is -2.44. The minimum Gasteiger partial charge on any atom is -0.434 e. The number of carbonyl (C=O) groups excluding carboxylic acids is 1. The Bertz CT molecular complexity index is 1080. The Balaban J connectivity index is 1.39. The molecule has 1 fully saturated rings. The number of hydrogen-bond acceptors (Lipinski definition) is 6. The lowest BCUT2D eigenvalue weighted by molar-refractivity contribution is -0.0704. The molecule has 6 nitrogen and oxygen atoms in total. The van der Waals surface area contributed by atoms with E-state index in [0.29, 0.717) is 22.0 Å². The molecule has 1 aliphatic heterocycles. The fourth-order valence-electron chi connectivity index (χ4n) is 3.93. The number of carbonyl (C=O) groups is 1. The predicted octanol–water partition coefficient (Wildman–Crippen LogP) is 5.27. The number of alkyl halides is 2. The van der Waals surface area contributed by atoms with E-state index in [0.717, 1.165) is 25.2 Å². The van der Waals surface area contributed by atoms with Gasteiger partial charge >= 0.3 is 6.61 Å². The Morgan fingerprint density at radius 1 is 1.18 bits per heavy atom. The van der Waals surface area contributed by atoms with Gasteiger partial charge in [-0.15, -0.1) is 11.3 Å². The van der Waals surface area contributed by atoms with Crippen molar-refractivity contribution in [2.75, 3.05) is 18.4 Å². The molecule has 3 aromatic rings. The van der Waals surface area contributed by atoms with Gasteiger partial charge in [0.2, 0.25) is 0 Å². The van der Waals surface area contributed by atoms with Crippen LogP contribution in [-0.2, 0) is 11.3 Å². The highest BCUT2D eigenvalue weighted by molar-refractivity contribution is 7.14. The summed E-state index contributed by atoms with van der Waals surface area (Å²) in [5.74, 6) is -0.247. The molecule has 1 amide bonds. The second-order valence-corrected chi connectivity index (χ2v) is 8.87. The molecule has 0 spiro atoms. The van der Waals surface area contributed by atoms with Crippen LogP contribution < -0.4 is 10.1 Å². The first-order chi connectivity index (χ1) is 15.9. The van der Waals surface area contributed by atoms with Crippen LogP contribution in [0.5, 0.6) is 5.75 Å². The molecule has 33 heavy (non-hydrogen) atoms. The standard InChI is InChI=1S/C24H25F2N3O3S/c1-15-11-29(12-16(2)31-15)13-17-7-9-18(10-8-17)22(30)28-24-27-20(14-33-24)19-5-3-4-6-21(19)32-23(25)26/h3-10,14-16,23H,11-13H2,1-2H3,(H,27,28,30). The number of nitrogens with one attached hydrogen (secondary N) is 1. The SMILES string of the molecule is CC1CN(Cc2ccc(C(=O)Nc3nc(-c4ccccc4OC(F)F)cs3)cc2)CC(C)O1. The fraction of sp³-hybridized carbons (Fsp3) is 0.333. The summed E-state index contributed by atoms with van der Waals surface area (Å²) in [4.78, 5) is 19.4. The molecule has 1 saturated heterocycles. The number of hydrogen-bond donors (Lipinski definition) is 1. The Morgan fingerprint density at radius 2 is 1.88 bits per heavy atom. The highest BCUT2D eigenvalue weighted by Crippen LogP contribution is 2.33. The Hall–Kier alpha value is -2.88. The molecule has 4 rings (SSSR count). The summed E-state index contributed by atoms with van der Waals surface area (Å²) in [6, 6.07) is 13.9. The summed E-state index contributed by atoms with van der Waals surface area (Å²) in [7, 11) is 0. The van der Waals surface area contributed by atoms with Crippen LogP contribution in [0.1, 0.15) is 29.8 Å². The van der Waals surface area contributed by atoms with E-state index in [1.165, 1.54) is 17.4 Å². The third kappa shape index (κ3) is 6.13. The van der Waals surface area contributed by atoms with Crippen LogP contribution in [0.3, 0.4) is 0 Å². The summed E-state index contributed by atoms with van der Waals surface area (Å²) < 4.78 is 35.7. The smallest absolute Gasteiger partial charge is 0.387 e. The molecule has 2 atom stereocenters. The minimum absolute atomic E-state index is 0.0373. The molecule has 2 unspecified atom stereocenters. The van der Waals surface area contributed by atoms with Gasteiger partial charge in [-0.1, -0.05) is 24.3 Å². The summed E-state index contributed by atoms with van der Waals surface area (Å²) in [5, 5.41) is 4.84. The number of thiazole rings is 1. The van der Waals surface area contributed by atoms with Crippen molar-refractivity contribution in [2.45, 2.75) is 39.2 Å². The summed E-state index contributed by atoms with van der Waals surface area (Å²) in [6.07, 6.45) is 0.409. The first-order valence-corrected chi connectivity index (χ1v) is 11.5. The number of nitrogens with zero attached hydrogens (tertiary/aromatic N) is 2. The number of ether oxygens (including phenoxy) is 2. The Kier molecular flexibility index (Phi) is 7.32. The molecule has 9 heteroatoms. The van der Waals surface area contributed by atoms with Crippen LogP contribution in [0.2, 0.25) is 0 Å². The van der Waals surface area contributed by atoms with Crippen LogP contribution in [0.15, 0.2) is 53.9 Å². The number of rotatable bonds is 7. The molecule has 2 heterocycles. The lowest BCUT2D eigenvalue weighted by Gasteiger charge is -2.35. The maximum atomic E-state index is 12.7. The van der Waals surface area contributed by atoms with Crippen LogP contribution in [-0.4, -0.2) is 47.7 Å². The quantitative estimate of drug-likeness (QED) is 0.506. The van der Waals surface area contributed by atoms with Crippen LogP contribution in [0.4, 0.5) is 13.9 Å². The third-order valence-corrected chi connectivity index (χ3v) is 5.98. The van der Waals surface area contributed by atoms with Crippen molar-refractivity contribution in [1.82, 2.24) is 9.88 Å². The molecule has 1 N–H and O–H groups in total. The number of anilines is 1. The molecule has 2 aromatic carbocycles. The topological polar surface area (TPSA) is 63.7 Å². The predicted molar refractivity (Wildman–Crippen MR) is 124 cm³/mol. The van der Waals surface area contributed by atoms with Crippen molar-refractivity contribution >= 4 is 22.4 Å². The van der Waals surface area contributed by atoms with Gasteiger partial charge in [-0.2, -0.15) is 8.78 Å². The molecule has 174 valence electrons. The lowest BCUT2D eigenvalue weighted by atomic mass is 10.1. The summed E-state index contributed by atoms with van der Waals surface area (Å²) in [6.45, 7) is 3.78. The first kappa shape index (κ1) is 23.3. The van der Waals surface area contributed by atoms with E-state index < -0.39 is 6.61 Å². The van der Waals surface area contributed by atoms with Gasteiger partial charge in [-0.3, -0.25) is 15.0 Å². The third-order valence-electron chi connectivity index (χ3n) is 5.22. The van der Waals surface area contributed by atoms with Crippen molar-refractivity contribution in [3.8, 4) is 17.0 Å². The van der Waals surface area contributed by atoms with Crippen LogP contribution in [0.25, 0.3) is 11.3 Å². The number of benzene rings is 2. The van der Waals surface area contributed by atoms with Gasteiger partial charge in [-0.05, 0) is 43.7 Å². The largest absolute Gasteiger partial charge is 0.434 e. The van der Waals surface area contributed by atoms with E-state index in [1.54, 1.807) is 35.7 Å². The van der Waals surface area contributed by atoms with Gasteiger partial charge in [0, 0.05) is 36.1 Å². The number of morpholine rings is 1. The molecule has 1 aliphatic rings. The zero-order valence-electron chi connectivity index (χ0n) is 18.3. The first-order valence-electron chi connectivity index (χ1n) is 10.6. The zero-order chi connectivity index (χ0) is 23.4. The maximum Gasteiger partial charge on any atom is 0.387 e. The van der Waals surface area contributed by atoms with Crippen molar-refractivity contribution in [3.63, 3.8) is 0 Å². The van der Waals surface area contributed by atoms with Crippen molar-refractivity contribution in [3.05, 3.63) is 65.0 Å². The summed E-state index contributed by atoms with van der Waals surface area (Å²) in [5.41, 5.74) is 2.53. The van der Waals surface area contributed by atoms with E-state index in [-0.39, 0.29) is 23.9 Å². The molecular weight excluding hydrogens is 448 g/mol. The van der Waals surface area contributed by atoms with Crippen molar-refractivity contribution in [2.24, 2.45) is 0 Å². The second kappa shape index (κ2) is 10.4. The minimum atomic E-state index is -2.93. The normalized spacial score (nSPS) is 18.9. The molecule has 0 bridgehead atoms. The molecule has 0 saturated carbocycles. The summed E-state index contributed by atoms with van der Waals surface area (Å²) >= 11 is 1.22. The Morgan fingerprint density at radius 3 is 2.58 bits per heavy atom. The van der Waals surface area contributed by atoms with Gasteiger partial charge in [0.05, 0.1) is 17.9 Å². The van der Waals surface area contributed by atoms with E-state index in [9.17, 15) is 13.6 Å². The highest BCUT2D eigenvalue weighted by Gasteiger charge is 2.22. The molecule has 0 aliphatic carbocycles. The maximum absolute atomic E-state index is 12.7. The number of para-hydroxylation sites is 1. The van der Waals surface area contributed by atoms with E-state index in [2.05, 4.69) is 33.8 Å². The highest BCUT2D eigenvalue weighted by atomic mass is 32.1. The fourth-order valence-corrected chi connectivity index (χ4v) is 4.64. The van der Waals surface area contributed by atoms with Gasteiger partial charge < -0.3 is 9.47 Å². The number of amides is 1. The number of aromatic nitrogens is 1. The van der Waals surface area contributed by atoms with E-state index >= 15 is 0 Å². The Labute approximate surface area is 195 Å².